The smallest absolute Gasteiger partial charge is 0.347 e. The fourth-order valence-corrected chi connectivity index (χ4v) is 0.959. The predicted octanol–water partition coefficient (Wildman–Crippen LogP) is -0.753. The third-order valence-corrected chi connectivity index (χ3v) is 2.23. The van der Waals surface area contributed by atoms with Crippen molar-refractivity contribution in [3.63, 3.8) is 0 Å². The highest BCUT2D eigenvalue weighted by molar-refractivity contribution is 5.84. The molecule has 0 saturated carbocycles. The molecule has 2 N–H and O–H groups in total. The molecule has 0 aliphatic heterocycles. The maximum Gasteiger partial charge on any atom is 0.347 e. The van der Waals surface area contributed by atoms with Gasteiger partial charge in [0.25, 0.3) is 0 Å². The van der Waals surface area contributed by atoms with Crippen molar-refractivity contribution in [2.45, 2.75) is 52.1 Å². The summed E-state index contributed by atoms with van der Waals surface area (Å²) in [6.07, 6.45) is -5.49. The number of carboxylic acids is 1. The number of aliphatic carboxylic acids is 1. The Morgan fingerprint density at radius 3 is 1.38 bits per heavy atom. The van der Waals surface area contributed by atoms with Crippen molar-refractivity contribution in [2.75, 3.05) is 0 Å². The van der Waals surface area contributed by atoms with Gasteiger partial charge in [-0.25, -0.2) is 19.2 Å². The first-order valence-electron chi connectivity index (χ1n) is 6.08. The van der Waals surface area contributed by atoms with Gasteiger partial charge in [-0.1, -0.05) is 0 Å². The zero-order chi connectivity index (χ0) is 16.7. The third kappa shape index (κ3) is 6.70. The highest BCUT2D eigenvalue weighted by Crippen LogP contribution is 2.04. The van der Waals surface area contributed by atoms with E-state index in [9.17, 15) is 19.2 Å². The summed E-state index contributed by atoms with van der Waals surface area (Å²) in [6.45, 7) is 4.67. The average molecular weight is 306 g/mol. The lowest BCUT2D eigenvalue weighted by Gasteiger charge is -2.18. The van der Waals surface area contributed by atoms with Crippen LogP contribution in [0.25, 0.3) is 0 Å². The van der Waals surface area contributed by atoms with Crippen molar-refractivity contribution in [1.82, 2.24) is 0 Å². The van der Waals surface area contributed by atoms with Crippen molar-refractivity contribution in [1.29, 1.82) is 0 Å². The zero-order valence-corrected chi connectivity index (χ0v) is 12.1. The first-order chi connectivity index (χ1) is 9.56. The molecule has 0 rings (SSSR count). The van der Waals surface area contributed by atoms with E-state index in [0.29, 0.717) is 0 Å². The van der Waals surface area contributed by atoms with E-state index in [0.717, 1.165) is 13.8 Å². The summed E-state index contributed by atoms with van der Waals surface area (Å²) in [5, 5.41) is 17.5. The molecule has 120 valence electrons. The molecule has 0 aliphatic rings. The molecule has 0 spiro atoms. The molecule has 0 aliphatic carbocycles. The molecule has 0 bridgehead atoms. The van der Waals surface area contributed by atoms with E-state index >= 15 is 0 Å². The van der Waals surface area contributed by atoms with Gasteiger partial charge in [-0.15, -0.1) is 0 Å². The van der Waals surface area contributed by atoms with Crippen LogP contribution in [0.2, 0.25) is 0 Å². The summed E-state index contributed by atoms with van der Waals surface area (Å²) in [4.78, 5) is 44.5. The van der Waals surface area contributed by atoms with Crippen molar-refractivity contribution < 1.29 is 43.6 Å². The standard InChI is InChI=1S/C12H18O9/c1-5(13)10(16)20-7(3)12(18)21-8(4)11(17)19-6(2)9(14)15/h5-8,13H,1-4H3,(H,14,15)/t5-,6+,7+,8-/m0/s1. The topological polar surface area (TPSA) is 136 Å². The lowest BCUT2D eigenvalue weighted by Crippen LogP contribution is -2.36. The van der Waals surface area contributed by atoms with E-state index in [2.05, 4.69) is 14.2 Å². The first-order valence-corrected chi connectivity index (χ1v) is 6.08. The summed E-state index contributed by atoms with van der Waals surface area (Å²) >= 11 is 0. The summed E-state index contributed by atoms with van der Waals surface area (Å²) in [5.74, 6) is -4.45. The van der Waals surface area contributed by atoms with E-state index in [1.807, 2.05) is 0 Å². The second kappa shape index (κ2) is 8.20. The number of carbonyl (C=O) groups excluding carboxylic acids is 3. The second-order valence-electron chi connectivity index (χ2n) is 4.25. The molecule has 9 heteroatoms. The highest BCUT2D eigenvalue weighted by Gasteiger charge is 2.28. The van der Waals surface area contributed by atoms with Crippen LogP contribution in [0.5, 0.6) is 0 Å². The van der Waals surface area contributed by atoms with Gasteiger partial charge in [0.1, 0.15) is 6.10 Å². The van der Waals surface area contributed by atoms with Crippen molar-refractivity contribution >= 4 is 23.9 Å². The van der Waals surface area contributed by atoms with Gasteiger partial charge in [-0.2, -0.15) is 0 Å². The molecule has 4 atom stereocenters. The van der Waals surface area contributed by atoms with Crippen LogP contribution in [0.1, 0.15) is 27.7 Å². The Bertz CT molecular complexity index is 415. The van der Waals surface area contributed by atoms with Crippen LogP contribution in [0, 0.1) is 0 Å². The summed E-state index contributed by atoms with van der Waals surface area (Å²) in [5.41, 5.74) is 0. The Balaban J connectivity index is 4.40. The van der Waals surface area contributed by atoms with Gasteiger partial charge in [0.2, 0.25) is 0 Å². The van der Waals surface area contributed by atoms with Crippen LogP contribution in [-0.4, -0.2) is 58.5 Å². The van der Waals surface area contributed by atoms with Gasteiger partial charge in [-0.3, -0.25) is 0 Å². The molecule has 0 aromatic carbocycles. The van der Waals surface area contributed by atoms with Gasteiger partial charge < -0.3 is 24.4 Å². The fraction of sp³-hybridized carbons (Fsp3) is 0.667. The Morgan fingerprint density at radius 1 is 0.714 bits per heavy atom. The van der Waals surface area contributed by atoms with Crippen molar-refractivity contribution in [3.8, 4) is 0 Å². The molecule has 0 amide bonds. The van der Waals surface area contributed by atoms with Crippen molar-refractivity contribution in [3.05, 3.63) is 0 Å². The average Bonchev–Trinajstić information content (AvgIpc) is 2.37. The molecule has 9 nitrogen and oxygen atoms in total. The Labute approximate surface area is 120 Å². The molecule has 0 heterocycles. The molecule has 21 heavy (non-hydrogen) atoms. The summed E-state index contributed by atoms with van der Waals surface area (Å²) in [6, 6.07) is 0. The van der Waals surface area contributed by atoms with E-state index in [1.165, 1.54) is 13.8 Å². The lowest BCUT2D eigenvalue weighted by molar-refractivity contribution is -0.182. The van der Waals surface area contributed by atoms with Gasteiger partial charge in [0.05, 0.1) is 0 Å². The maximum atomic E-state index is 11.5. The monoisotopic (exact) mass is 306 g/mol. The predicted molar refractivity (Wildman–Crippen MR) is 66.0 cm³/mol. The van der Waals surface area contributed by atoms with E-state index in [4.69, 9.17) is 10.2 Å². The van der Waals surface area contributed by atoms with Gasteiger partial charge in [-0.05, 0) is 27.7 Å². The molecule has 0 fully saturated rings. The minimum Gasteiger partial charge on any atom is -0.479 e. The molecule has 0 aromatic rings. The number of hydrogen-bond donors (Lipinski definition) is 2. The Kier molecular flexibility index (Phi) is 7.36. The molecule has 0 radical (unpaired) electrons. The number of carboxylic acid groups (broad SMARTS) is 1. The number of carbonyl (C=O) groups is 4. The fourth-order valence-electron chi connectivity index (χ4n) is 0.959. The SMILES string of the molecule is C[C@H](O)C(=O)O[C@H](C)C(=O)O[C@@H](C)C(=O)O[C@H](C)C(=O)O. The number of rotatable bonds is 7. The van der Waals surface area contributed by atoms with Crippen LogP contribution in [-0.2, 0) is 33.4 Å². The Hall–Kier alpha value is -2.16. The molecule has 0 saturated heterocycles. The van der Waals surface area contributed by atoms with Crippen LogP contribution in [0.15, 0.2) is 0 Å². The Morgan fingerprint density at radius 2 is 1.05 bits per heavy atom. The maximum absolute atomic E-state index is 11.5. The molecular weight excluding hydrogens is 288 g/mol. The van der Waals surface area contributed by atoms with E-state index < -0.39 is 48.3 Å². The zero-order valence-electron chi connectivity index (χ0n) is 12.1. The summed E-state index contributed by atoms with van der Waals surface area (Å²) in [7, 11) is 0. The largest absolute Gasteiger partial charge is 0.479 e. The number of hydrogen-bond acceptors (Lipinski definition) is 8. The van der Waals surface area contributed by atoms with E-state index in [1.54, 1.807) is 0 Å². The minimum absolute atomic E-state index is 1.02. The number of aliphatic hydroxyl groups excluding tert-OH is 1. The molecule has 0 unspecified atom stereocenters. The van der Waals surface area contributed by atoms with Crippen LogP contribution in [0.3, 0.4) is 0 Å². The summed E-state index contributed by atoms with van der Waals surface area (Å²) < 4.78 is 13.7. The lowest BCUT2D eigenvalue weighted by atomic mass is 10.3. The normalized spacial score (nSPS) is 16.0. The molecular formula is C12H18O9. The van der Waals surface area contributed by atoms with E-state index in [-0.39, 0.29) is 0 Å². The number of aliphatic hydroxyl groups is 1. The second-order valence-corrected chi connectivity index (χ2v) is 4.25. The van der Waals surface area contributed by atoms with Crippen molar-refractivity contribution in [2.24, 2.45) is 0 Å². The number of esters is 3. The first kappa shape index (κ1) is 18.8. The number of ether oxygens (including phenoxy) is 3. The van der Waals surface area contributed by atoms with Gasteiger partial charge >= 0.3 is 23.9 Å². The van der Waals surface area contributed by atoms with Gasteiger partial charge in [0.15, 0.2) is 18.3 Å². The van der Waals surface area contributed by atoms with Crippen LogP contribution >= 0.6 is 0 Å². The van der Waals surface area contributed by atoms with Crippen LogP contribution in [0.4, 0.5) is 0 Å². The van der Waals surface area contributed by atoms with Gasteiger partial charge in [0, 0.05) is 0 Å². The quantitative estimate of drug-likeness (QED) is 0.459. The molecule has 0 aromatic heterocycles. The van der Waals surface area contributed by atoms with Crippen LogP contribution < -0.4 is 0 Å². The highest BCUT2D eigenvalue weighted by atomic mass is 16.6. The minimum atomic E-state index is -1.40. The third-order valence-electron chi connectivity index (χ3n) is 2.23.